The van der Waals surface area contributed by atoms with Gasteiger partial charge in [-0.1, -0.05) is 6.07 Å². The van der Waals surface area contributed by atoms with Crippen molar-refractivity contribution in [3.8, 4) is 29.3 Å². The number of imidazole rings is 1. The molecule has 196 valence electrons. The van der Waals surface area contributed by atoms with E-state index >= 15 is 0 Å². The van der Waals surface area contributed by atoms with E-state index in [0.29, 0.717) is 41.4 Å². The van der Waals surface area contributed by atoms with Crippen molar-refractivity contribution in [1.82, 2.24) is 33.9 Å². The number of nitrogens with zero attached hydrogens (tertiary/aromatic N) is 9. The highest BCUT2D eigenvalue weighted by molar-refractivity contribution is 5.71. The van der Waals surface area contributed by atoms with E-state index in [2.05, 4.69) is 38.7 Å². The second kappa shape index (κ2) is 9.11. The van der Waals surface area contributed by atoms with Crippen LogP contribution in [0.2, 0.25) is 0 Å². The van der Waals surface area contributed by atoms with Gasteiger partial charge >= 0.3 is 0 Å². The van der Waals surface area contributed by atoms with Gasteiger partial charge in [0.05, 0.1) is 30.2 Å². The zero-order chi connectivity index (χ0) is 26.7. The maximum atomic E-state index is 9.68. The number of hydrogen-bond acceptors (Lipinski definition) is 8. The van der Waals surface area contributed by atoms with E-state index in [0.717, 1.165) is 54.9 Å². The van der Waals surface area contributed by atoms with Gasteiger partial charge in [-0.25, -0.2) is 4.98 Å². The minimum Gasteiger partial charge on any atom is -0.469 e. The van der Waals surface area contributed by atoms with Gasteiger partial charge < -0.3 is 9.64 Å². The molecule has 3 unspecified atom stereocenters. The molecular formula is C29H29N9O. The normalized spacial score (nSPS) is 23.5. The van der Waals surface area contributed by atoms with Crippen molar-refractivity contribution in [1.29, 1.82) is 10.5 Å². The van der Waals surface area contributed by atoms with Gasteiger partial charge in [0.1, 0.15) is 23.5 Å². The summed E-state index contributed by atoms with van der Waals surface area (Å²) in [6.45, 7) is 5.96. The number of fused-ring (bicyclic) bond motifs is 3. The molecule has 0 aliphatic carbocycles. The van der Waals surface area contributed by atoms with E-state index in [1.165, 1.54) is 0 Å². The van der Waals surface area contributed by atoms with Gasteiger partial charge in [0.2, 0.25) is 5.88 Å². The summed E-state index contributed by atoms with van der Waals surface area (Å²) in [6, 6.07) is 13.5. The average Bonchev–Trinajstić information content (AvgIpc) is 3.70. The number of likely N-dealkylation sites (tertiary alicyclic amines) is 1. The lowest BCUT2D eigenvalue weighted by atomic mass is 9.91. The molecule has 7 heterocycles. The molecule has 39 heavy (non-hydrogen) atoms. The van der Waals surface area contributed by atoms with Crippen LogP contribution < -0.4 is 4.74 Å². The van der Waals surface area contributed by atoms with Crippen molar-refractivity contribution in [2.45, 2.75) is 63.4 Å². The van der Waals surface area contributed by atoms with Gasteiger partial charge in [-0.05, 0) is 56.9 Å². The van der Waals surface area contributed by atoms with E-state index in [4.69, 9.17) is 9.84 Å². The molecule has 0 amide bonds. The van der Waals surface area contributed by atoms with E-state index in [9.17, 15) is 10.5 Å². The number of ether oxygens (including phenoxy) is 1. The smallest absolute Gasteiger partial charge is 0.201 e. The summed E-state index contributed by atoms with van der Waals surface area (Å²) in [5.41, 5.74) is 4.92. The van der Waals surface area contributed by atoms with E-state index in [-0.39, 0.29) is 6.10 Å². The van der Waals surface area contributed by atoms with Crippen LogP contribution in [0.1, 0.15) is 55.4 Å². The van der Waals surface area contributed by atoms with Crippen molar-refractivity contribution in [2.24, 2.45) is 0 Å². The van der Waals surface area contributed by atoms with Crippen LogP contribution in [0, 0.1) is 29.7 Å². The van der Waals surface area contributed by atoms with Gasteiger partial charge in [-0.15, -0.1) is 0 Å². The molecule has 0 aromatic carbocycles. The first-order chi connectivity index (χ1) is 19.1. The SMILES string of the molecule is Cc1c(-c2cc(O[C@H](C)c3ccccn3)n3c(C#N)cnc3c2)cnn1C1CN(C2CC3CCC2N3C#N)C1. The number of pyridine rings is 2. The Balaban J connectivity index is 1.15. The van der Waals surface area contributed by atoms with E-state index in [1.807, 2.05) is 48.4 Å². The topological polar surface area (TPSA) is 111 Å². The molecule has 0 radical (unpaired) electrons. The molecular weight excluding hydrogens is 490 g/mol. The zero-order valence-corrected chi connectivity index (χ0v) is 22.0. The van der Waals surface area contributed by atoms with Crippen molar-refractivity contribution in [2.75, 3.05) is 13.1 Å². The summed E-state index contributed by atoms with van der Waals surface area (Å²) in [6.07, 6.45) is 10.7. The van der Waals surface area contributed by atoms with Gasteiger partial charge in [0, 0.05) is 48.7 Å². The van der Waals surface area contributed by atoms with Crippen molar-refractivity contribution >= 4 is 5.65 Å². The predicted octanol–water partition coefficient (Wildman–Crippen LogP) is 3.86. The molecule has 3 fully saturated rings. The lowest BCUT2D eigenvalue weighted by molar-refractivity contribution is 0.0368. The molecule has 10 nitrogen and oxygen atoms in total. The van der Waals surface area contributed by atoms with Crippen LogP contribution in [-0.4, -0.2) is 65.2 Å². The number of hydrogen-bond donors (Lipinski definition) is 0. The zero-order valence-electron chi connectivity index (χ0n) is 22.0. The summed E-state index contributed by atoms with van der Waals surface area (Å²) < 4.78 is 10.2. The highest BCUT2D eigenvalue weighted by Crippen LogP contribution is 2.42. The summed E-state index contributed by atoms with van der Waals surface area (Å²) in [7, 11) is 0. The molecule has 0 N–H and O–H groups in total. The fourth-order valence-corrected chi connectivity index (χ4v) is 6.75. The Morgan fingerprint density at radius 2 is 1.92 bits per heavy atom. The molecule has 0 saturated carbocycles. The molecule has 0 spiro atoms. The highest BCUT2D eigenvalue weighted by atomic mass is 16.5. The Labute approximate surface area is 226 Å². The van der Waals surface area contributed by atoms with Crippen LogP contribution in [0.15, 0.2) is 48.9 Å². The lowest BCUT2D eigenvalue weighted by Gasteiger charge is -2.45. The maximum Gasteiger partial charge on any atom is 0.201 e. The van der Waals surface area contributed by atoms with Crippen molar-refractivity contribution < 1.29 is 4.74 Å². The second-order valence-corrected chi connectivity index (χ2v) is 10.9. The number of aromatic nitrogens is 5. The molecule has 3 saturated heterocycles. The van der Waals surface area contributed by atoms with E-state index < -0.39 is 0 Å². The first-order valence-electron chi connectivity index (χ1n) is 13.5. The van der Waals surface area contributed by atoms with Crippen LogP contribution in [0.25, 0.3) is 16.8 Å². The van der Waals surface area contributed by atoms with E-state index in [1.54, 1.807) is 16.8 Å². The Morgan fingerprint density at radius 3 is 2.67 bits per heavy atom. The molecule has 2 bridgehead atoms. The monoisotopic (exact) mass is 519 g/mol. The third kappa shape index (κ3) is 3.75. The Morgan fingerprint density at radius 1 is 1.05 bits per heavy atom. The lowest BCUT2D eigenvalue weighted by Crippen LogP contribution is -2.56. The first-order valence-corrected chi connectivity index (χ1v) is 13.5. The molecule has 3 aliphatic heterocycles. The Hall–Kier alpha value is -4.41. The number of rotatable bonds is 6. The van der Waals surface area contributed by atoms with Crippen molar-refractivity contribution in [3.63, 3.8) is 0 Å². The fourth-order valence-electron chi connectivity index (χ4n) is 6.75. The quantitative estimate of drug-likeness (QED) is 0.353. The van der Waals surface area contributed by atoms with Gasteiger partial charge in [-0.2, -0.15) is 15.6 Å². The van der Waals surface area contributed by atoms with Gasteiger partial charge in [0.25, 0.3) is 0 Å². The standard InChI is InChI=1S/C29H29N9O/c1-18-24(14-34-38(18)23-15-35(16-23)27-11-21-6-7-26(27)36(21)17-31)20-9-28-33-13-22(12-30)37(28)29(10-20)39-19(2)25-5-3-4-8-32-25/h3-5,8-10,13-14,19,21,23,26-27H,6-7,11,15-16H2,1-2H3/t19-,21?,26?,27?/m1/s1. The summed E-state index contributed by atoms with van der Waals surface area (Å²) >= 11 is 0. The Kier molecular flexibility index (Phi) is 5.53. The largest absolute Gasteiger partial charge is 0.469 e. The summed E-state index contributed by atoms with van der Waals surface area (Å²) in [4.78, 5) is 13.5. The third-order valence-electron chi connectivity index (χ3n) is 8.77. The molecule has 4 atom stereocenters. The molecule has 7 rings (SSSR count). The van der Waals surface area contributed by atoms with Crippen LogP contribution in [0.4, 0.5) is 0 Å². The van der Waals surface area contributed by atoms with Gasteiger partial charge in [0.15, 0.2) is 6.19 Å². The van der Waals surface area contributed by atoms with Crippen LogP contribution >= 0.6 is 0 Å². The number of nitriles is 2. The van der Waals surface area contributed by atoms with Crippen molar-refractivity contribution in [3.05, 3.63) is 66.0 Å². The van der Waals surface area contributed by atoms with Crippen LogP contribution in [0.5, 0.6) is 5.88 Å². The molecule has 4 aromatic rings. The fraction of sp³-hybridized carbons (Fsp3) is 0.414. The second-order valence-electron chi connectivity index (χ2n) is 10.9. The summed E-state index contributed by atoms with van der Waals surface area (Å²) in [5.74, 6) is 0.537. The van der Waals surface area contributed by atoms with Crippen LogP contribution in [0.3, 0.4) is 0 Å². The Bertz CT molecular complexity index is 1620. The predicted molar refractivity (Wildman–Crippen MR) is 142 cm³/mol. The average molecular weight is 520 g/mol. The highest BCUT2D eigenvalue weighted by Gasteiger charge is 2.51. The molecule has 3 aliphatic rings. The van der Waals surface area contributed by atoms with Gasteiger partial charge in [-0.3, -0.25) is 19.0 Å². The first kappa shape index (κ1) is 23.7. The minimum absolute atomic E-state index is 0.314. The molecule has 10 heteroatoms. The minimum atomic E-state index is -0.314. The third-order valence-corrected chi connectivity index (χ3v) is 8.77. The summed E-state index contributed by atoms with van der Waals surface area (Å²) in [5, 5.41) is 24.0. The molecule has 4 aromatic heterocycles. The maximum absolute atomic E-state index is 9.68. The van der Waals surface area contributed by atoms with Crippen LogP contribution in [-0.2, 0) is 0 Å².